The first-order valence-corrected chi connectivity index (χ1v) is 5.66. The van der Waals surface area contributed by atoms with Crippen LogP contribution in [0.2, 0.25) is 0 Å². The first-order valence-electron chi connectivity index (χ1n) is 5.66. The topological polar surface area (TPSA) is 108 Å². The largest absolute Gasteiger partial charge is 0.478 e. The predicted molar refractivity (Wildman–Crippen MR) is 67.1 cm³/mol. The maximum absolute atomic E-state index is 11.9. The van der Waals surface area contributed by atoms with E-state index in [-0.39, 0.29) is 17.1 Å². The zero-order chi connectivity index (χ0) is 13.8. The van der Waals surface area contributed by atoms with Crippen LogP contribution < -0.4 is 5.32 Å². The number of rotatable bonds is 4. The fourth-order valence-electron chi connectivity index (χ4n) is 1.51. The summed E-state index contributed by atoms with van der Waals surface area (Å²) in [6.07, 6.45) is 0.631. The molecule has 7 nitrogen and oxygen atoms in total. The van der Waals surface area contributed by atoms with Gasteiger partial charge in [-0.1, -0.05) is 19.1 Å². The van der Waals surface area contributed by atoms with Crippen molar-refractivity contribution in [3.8, 4) is 0 Å². The summed E-state index contributed by atoms with van der Waals surface area (Å²) in [5.41, 5.74) is 0.227. The molecule has 0 aliphatic rings. The number of aromatic amines is 1. The molecule has 1 amide bonds. The van der Waals surface area contributed by atoms with E-state index in [2.05, 4.69) is 20.5 Å². The van der Waals surface area contributed by atoms with Gasteiger partial charge in [-0.3, -0.25) is 9.89 Å². The first-order chi connectivity index (χ1) is 9.11. The number of H-pyrrole nitrogens is 1. The summed E-state index contributed by atoms with van der Waals surface area (Å²) in [5, 5.41) is 17.9. The average molecular weight is 260 g/mol. The molecule has 0 fully saturated rings. The second-order valence-electron chi connectivity index (χ2n) is 3.76. The van der Waals surface area contributed by atoms with Crippen LogP contribution in [-0.2, 0) is 6.42 Å². The number of aromatic carboxylic acids is 1. The molecule has 19 heavy (non-hydrogen) atoms. The second-order valence-corrected chi connectivity index (χ2v) is 3.76. The van der Waals surface area contributed by atoms with Crippen molar-refractivity contribution in [3.63, 3.8) is 0 Å². The molecule has 0 saturated heterocycles. The predicted octanol–water partition coefficient (Wildman–Crippen LogP) is 1.32. The van der Waals surface area contributed by atoms with Crippen LogP contribution in [0, 0.1) is 0 Å². The van der Waals surface area contributed by atoms with Gasteiger partial charge >= 0.3 is 5.97 Å². The molecule has 7 heteroatoms. The van der Waals surface area contributed by atoms with Gasteiger partial charge in [-0.25, -0.2) is 9.78 Å². The smallest absolute Gasteiger partial charge is 0.337 e. The van der Waals surface area contributed by atoms with Crippen molar-refractivity contribution < 1.29 is 14.7 Å². The number of nitrogens with zero attached hydrogens (tertiary/aromatic N) is 2. The molecule has 1 heterocycles. The standard InChI is InChI=1S/C12H12N4O3/c1-2-9-14-10(16-15-9)11(17)13-8-6-4-3-5-7(8)12(18)19/h3-6H,2H2,1H3,(H,13,17)(H,18,19)(H,14,15,16). The van der Waals surface area contributed by atoms with E-state index in [1.807, 2.05) is 6.92 Å². The Labute approximate surface area is 108 Å². The Bertz CT molecular complexity index is 621. The normalized spacial score (nSPS) is 10.2. The van der Waals surface area contributed by atoms with Crippen LogP contribution in [0.5, 0.6) is 0 Å². The number of anilines is 1. The molecule has 2 rings (SSSR count). The lowest BCUT2D eigenvalue weighted by Crippen LogP contribution is -2.16. The van der Waals surface area contributed by atoms with E-state index in [0.29, 0.717) is 12.2 Å². The number of carbonyl (C=O) groups is 2. The Hall–Kier alpha value is -2.70. The number of aryl methyl sites for hydroxylation is 1. The number of nitrogens with one attached hydrogen (secondary N) is 2. The maximum Gasteiger partial charge on any atom is 0.337 e. The Kier molecular flexibility index (Phi) is 3.56. The highest BCUT2D eigenvalue weighted by Gasteiger charge is 2.16. The zero-order valence-corrected chi connectivity index (χ0v) is 10.2. The number of carboxylic acid groups (broad SMARTS) is 1. The van der Waals surface area contributed by atoms with Crippen LogP contribution in [0.15, 0.2) is 24.3 Å². The number of benzene rings is 1. The molecule has 2 aromatic rings. The van der Waals surface area contributed by atoms with E-state index in [0.717, 1.165) is 0 Å². The number of carboxylic acids is 1. The summed E-state index contributed by atoms with van der Waals surface area (Å²) in [7, 11) is 0. The molecule has 98 valence electrons. The van der Waals surface area contributed by atoms with Crippen LogP contribution in [0.4, 0.5) is 5.69 Å². The van der Waals surface area contributed by atoms with Gasteiger partial charge in [0.25, 0.3) is 5.91 Å². The minimum absolute atomic E-state index is 0.0158. The van der Waals surface area contributed by atoms with E-state index in [1.165, 1.54) is 12.1 Å². The molecular formula is C12H12N4O3. The lowest BCUT2D eigenvalue weighted by Gasteiger charge is -2.05. The highest BCUT2D eigenvalue weighted by atomic mass is 16.4. The van der Waals surface area contributed by atoms with Gasteiger partial charge < -0.3 is 10.4 Å². The fourth-order valence-corrected chi connectivity index (χ4v) is 1.51. The highest BCUT2D eigenvalue weighted by molar-refractivity contribution is 6.05. The third-order valence-corrected chi connectivity index (χ3v) is 2.48. The summed E-state index contributed by atoms with van der Waals surface area (Å²) in [4.78, 5) is 26.8. The van der Waals surface area contributed by atoms with E-state index in [9.17, 15) is 9.59 Å². The van der Waals surface area contributed by atoms with Gasteiger partial charge in [0, 0.05) is 6.42 Å². The molecule has 3 N–H and O–H groups in total. The third-order valence-electron chi connectivity index (χ3n) is 2.48. The molecular weight excluding hydrogens is 248 g/mol. The molecule has 0 radical (unpaired) electrons. The number of para-hydroxylation sites is 1. The Balaban J connectivity index is 2.21. The first kappa shape index (κ1) is 12.7. The molecule has 0 aliphatic carbocycles. The van der Waals surface area contributed by atoms with E-state index in [4.69, 9.17) is 5.11 Å². The number of amides is 1. The summed E-state index contributed by atoms with van der Waals surface area (Å²) in [5.74, 6) is -1.08. The SMILES string of the molecule is CCc1nc(C(=O)Nc2ccccc2C(=O)O)n[nH]1. The van der Waals surface area contributed by atoms with Crippen molar-refractivity contribution in [2.75, 3.05) is 5.32 Å². The molecule has 0 aliphatic heterocycles. The van der Waals surface area contributed by atoms with Gasteiger partial charge in [0.05, 0.1) is 11.3 Å². The van der Waals surface area contributed by atoms with Gasteiger partial charge in [0.1, 0.15) is 5.82 Å². The Morgan fingerprint density at radius 2 is 2.11 bits per heavy atom. The van der Waals surface area contributed by atoms with Crippen LogP contribution in [-0.4, -0.2) is 32.2 Å². The molecule has 0 spiro atoms. The molecule has 0 saturated carbocycles. The summed E-state index contributed by atoms with van der Waals surface area (Å²) in [6.45, 7) is 1.88. The average Bonchev–Trinajstić information content (AvgIpc) is 2.88. The van der Waals surface area contributed by atoms with Crippen molar-refractivity contribution in [2.45, 2.75) is 13.3 Å². The van der Waals surface area contributed by atoms with Crippen LogP contribution >= 0.6 is 0 Å². The number of carbonyl (C=O) groups excluding carboxylic acids is 1. The zero-order valence-electron chi connectivity index (χ0n) is 10.2. The summed E-state index contributed by atoms with van der Waals surface area (Å²) < 4.78 is 0. The van der Waals surface area contributed by atoms with Crippen molar-refractivity contribution in [3.05, 3.63) is 41.5 Å². The second kappa shape index (κ2) is 5.30. The van der Waals surface area contributed by atoms with Crippen molar-refractivity contribution in [2.24, 2.45) is 0 Å². The van der Waals surface area contributed by atoms with Gasteiger partial charge in [-0.15, -0.1) is 5.10 Å². The van der Waals surface area contributed by atoms with Gasteiger partial charge in [-0.2, -0.15) is 0 Å². The lowest BCUT2D eigenvalue weighted by atomic mass is 10.2. The molecule has 0 atom stereocenters. The number of hydrogen-bond acceptors (Lipinski definition) is 4. The number of aromatic nitrogens is 3. The minimum Gasteiger partial charge on any atom is -0.478 e. The van der Waals surface area contributed by atoms with Crippen molar-refractivity contribution >= 4 is 17.6 Å². The van der Waals surface area contributed by atoms with Crippen molar-refractivity contribution in [1.29, 1.82) is 0 Å². The third kappa shape index (κ3) is 2.76. The van der Waals surface area contributed by atoms with E-state index < -0.39 is 11.9 Å². The summed E-state index contributed by atoms with van der Waals surface area (Å²) >= 11 is 0. The van der Waals surface area contributed by atoms with Gasteiger partial charge in [-0.05, 0) is 12.1 Å². The van der Waals surface area contributed by atoms with Crippen LogP contribution in [0.1, 0.15) is 33.7 Å². The number of hydrogen-bond donors (Lipinski definition) is 3. The lowest BCUT2D eigenvalue weighted by molar-refractivity contribution is 0.0698. The maximum atomic E-state index is 11.9. The van der Waals surface area contributed by atoms with Gasteiger partial charge in [0.15, 0.2) is 0 Å². The Morgan fingerprint density at radius 3 is 2.74 bits per heavy atom. The van der Waals surface area contributed by atoms with E-state index in [1.54, 1.807) is 12.1 Å². The molecule has 0 unspecified atom stereocenters. The summed E-state index contributed by atoms with van der Waals surface area (Å²) in [6, 6.07) is 6.14. The highest BCUT2D eigenvalue weighted by Crippen LogP contribution is 2.15. The van der Waals surface area contributed by atoms with Gasteiger partial charge in [0.2, 0.25) is 5.82 Å². The molecule has 0 bridgehead atoms. The monoisotopic (exact) mass is 260 g/mol. The Morgan fingerprint density at radius 1 is 1.37 bits per heavy atom. The van der Waals surface area contributed by atoms with Crippen LogP contribution in [0.25, 0.3) is 0 Å². The van der Waals surface area contributed by atoms with E-state index >= 15 is 0 Å². The fraction of sp³-hybridized carbons (Fsp3) is 0.167. The van der Waals surface area contributed by atoms with Crippen LogP contribution in [0.3, 0.4) is 0 Å². The minimum atomic E-state index is -1.11. The van der Waals surface area contributed by atoms with Crippen molar-refractivity contribution in [1.82, 2.24) is 15.2 Å². The molecule has 1 aromatic heterocycles. The molecule has 1 aromatic carbocycles. The quantitative estimate of drug-likeness (QED) is 0.768.